The van der Waals surface area contributed by atoms with Gasteiger partial charge in [-0.15, -0.1) is 0 Å². The smallest absolute Gasteiger partial charge is 0.337 e. The van der Waals surface area contributed by atoms with Crippen LogP contribution >= 0.6 is 0 Å². The molecule has 1 aromatic carbocycles. The minimum Gasteiger partial charge on any atom is -0.465 e. The highest BCUT2D eigenvalue weighted by atomic mass is 16.5. The van der Waals surface area contributed by atoms with Crippen LogP contribution in [0.2, 0.25) is 0 Å². The molecule has 0 aliphatic heterocycles. The molecule has 0 radical (unpaired) electrons. The highest BCUT2D eigenvalue weighted by molar-refractivity contribution is 6.00. The first-order valence-corrected chi connectivity index (χ1v) is 7.93. The standard InChI is InChI=1S/C19H17NO8/c1-25-18(23)12-8-13(19(24)26-2)10-14(9-12)20-16(21)11-28-17(22)6-5-15-4-3-7-27-15/h3-10H,11H2,1-2H3,(H,20,21). The van der Waals surface area contributed by atoms with Crippen LogP contribution in [-0.2, 0) is 23.8 Å². The highest BCUT2D eigenvalue weighted by Crippen LogP contribution is 2.17. The molecule has 0 atom stereocenters. The molecule has 146 valence electrons. The molecule has 1 aromatic heterocycles. The predicted octanol–water partition coefficient (Wildman–Crippen LogP) is 2.05. The monoisotopic (exact) mass is 387 g/mol. The van der Waals surface area contributed by atoms with Gasteiger partial charge in [0.25, 0.3) is 5.91 Å². The molecular formula is C19H17NO8. The average Bonchev–Trinajstić information content (AvgIpc) is 3.22. The van der Waals surface area contributed by atoms with E-state index < -0.39 is 30.4 Å². The number of nitrogens with one attached hydrogen (secondary N) is 1. The summed E-state index contributed by atoms with van der Waals surface area (Å²) in [6, 6.07) is 7.20. The number of esters is 3. The lowest BCUT2D eigenvalue weighted by molar-refractivity contribution is -0.142. The zero-order chi connectivity index (χ0) is 20.5. The van der Waals surface area contributed by atoms with Gasteiger partial charge in [-0.1, -0.05) is 0 Å². The van der Waals surface area contributed by atoms with Crippen molar-refractivity contribution in [2.45, 2.75) is 0 Å². The van der Waals surface area contributed by atoms with Crippen molar-refractivity contribution in [2.24, 2.45) is 0 Å². The van der Waals surface area contributed by atoms with Crippen LogP contribution in [0.5, 0.6) is 0 Å². The van der Waals surface area contributed by atoms with Crippen molar-refractivity contribution in [3.8, 4) is 0 Å². The second-order valence-electron chi connectivity index (χ2n) is 5.29. The fraction of sp³-hybridized carbons (Fsp3) is 0.158. The molecule has 0 saturated heterocycles. The molecule has 1 N–H and O–H groups in total. The van der Waals surface area contributed by atoms with Crippen LogP contribution in [0.1, 0.15) is 26.5 Å². The van der Waals surface area contributed by atoms with Crippen molar-refractivity contribution < 1.29 is 37.8 Å². The first-order valence-electron chi connectivity index (χ1n) is 7.93. The molecule has 0 bridgehead atoms. The van der Waals surface area contributed by atoms with Crippen molar-refractivity contribution >= 4 is 35.6 Å². The second kappa shape index (κ2) is 9.72. The van der Waals surface area contributed by atoms with Crippen molar-refractivity contribution in [1.29, 1.82) is 0 Å². The zero-order valence-electron chi connectivity index (χ0n) is 15.1. The first-order chi connectivity index (χ1) is 13.4. The van der Waals surface area contributed by atoms with Crippen molar-refractivity contribution in [1.82, 2.24) is 0 Å². The lowest BCUT2D eigenvalue weighted by Crippen LogP contribution is -2.20. The number of rotatable bonds is 7. The van der Waals surface area contributed by atoms with Gasteiger partial charge in [0.2, 0.25) is 0 Å². The van der Waals surface area contributed by atoms with E-state index in [4.69, 9.17) is 9.15 Å². The van der Waals surface area contributed by atoms with Crippen molar-refractivity contribution in [3.63, 3.8) is 0 Å². The number of furan rings is 1. The van der Waals surface area contributed by atoms with Gasteiger partial charge in [-0.3, -0.25) is 4.79 Å². The van der Waals surface area contributed by atoms with Crippen LogP contribution < -0.4 is 5.32 Å². The third kappa shape index (κ3) is 5.84. The van der Waals surface area contributed by atoms with E-state index >= 15 is 0 Å². The lowest BCUT2D eigenvalue weighted by Gasteiger charge is -2.09. The van der Waals surface area contributed by atoms with Gasteiger partial charge < -0.3 is 23.9 Å². The lowest BCUT2D eigenvalue weighted by atomic mass is 10.1. The van der Waals surface area contributed by atoms with E-state index in [9.17, 15) is 19.2 Å². The summed E-state index contributed by atoms with van der Waals surface area (Å²) in [7, 11) is 2.36. The molecule has 0 saturated carbocycles. The van der Waals surface area contributed by atoms with Gasteiger partial charge in [-0.05, 0) is 36.4 Å². The van der Waals surface area contributed by atoms with E-state index in [-0.39, 0.29) is 16.8 Å². The van der Waals surface area contributed by atoms with E-state index in [0.717, 1.165) is 6.08 Å². The number of benzene rings is 1. The Kier molecular flexibility index (Phi) is 7.09. The van der Waals surface area contributed by atoms with Gasteiger partial charge >= 0.3 is 17.9 Å². The summed E-state index contributed by atoms with van der Waals surface area (Å²) in [4.78, 5) is 47.0. The second-order valence-corrected chi connectivity index (χ2v) is 5.29. The summed E-state index contributed by atoms with van der Waals surface area (Å²) in [5, 5.41) is 2.43. The van der Waals surface area contributed by atoms with Gasteiger partial charge in [-0.25, -0.2) is 14.4 Å². The third-order valence-electron chi connectivity index (χ3n) is 3.33. The Bertz CT molecular complexity index is 864. The number of hydrogen-bond acceptors (Lipinski definition) is 8. The van der Waals surface area contributed by atoms with Gasteiger partial charge in [0, 0.05) is 11.8 Å². The Balaban J connectivity index is 2.01. The van der Waals surface area contributed by atoms with Crippen molar-refractivity contribution in [2.75, 3.05) is 26.1 Å². The minimum atomic E-state index is -0.745. The molecule has 1 amide bonds. The molecule has 9 heteroatoms. The third-order valence-corrected chi connectivity index (χ3v) is 3.33. The highest BCUT2D eigenvalue weighted by Gasteiger charge is 2.15. The molecule has 2 aromatic rings. The predicted molar refractivity (Wildman–Crippen MR) is 96.5 cm³/mol. The fourth-order valence-electron chi connectivity index (χ4n) is 2.09. The van der Waals surface area contributed by atoms with Crippen LogP contribution in [0.25, 0.3) is 6.08 Å². The Morgan fingerprint density at radius 2 is 1.68 bits per heavy atom. The largest absolute Gasteiger partial charge is 0.465 e. The maximum absolute atomic E-state index is 12.0. The summed E-state index contributed by atoms with van der Waals surface area (Å²) >= 11 is 0. The number of ether oxygens (including phenoxy) is 3. The summed E-state index contributed by atoms with van der Waals surface area (Å²) in [6.07, 6.45) is 3.95. The Labute approximate surface area is 159 Å². The number of amides is 1. The average molecular weight is 387 g/mol. The van der Waals surface area contributed by atoms with Gasteiger partial charge in [0.05, 0.1) is 31.6 Å². The quantitative estimate of drug-likeness (QED) is 0.435. The van der Waals surface area contributed by atoms with Gasteiger partial charge in [0.1, 0.15) is 5.76 Å². The SMILES string of the molecule is COC(=O)c1cc(NC(=O)COC(=O)C=Cc2ccco2)cc(C(=O)OC)c1. The number of hydrogen-bond donors (Lipinski definition) is 1. The van der Waals surface area contributed by atoms with E-state index in [1.807, 2.05) is 0 Å². The molecule has 28 heavy (non-hydrogen) atoms. The van der Waals surface area contributed by atoms with E-state index in [1.165, 1.54) is 44.8 Å². The number of methoxy groups -OCH3 is 2. The molecule has 1 heterocycles. The summed E-state index contributed by atoms with van der Waals surface area (Å²) in [5.41, 5.74) is 0.216. The molecule has 0 aliphatic rings. The minimum absolute atomic E-state index is 0.0408. The molecule has 9 nitrogen and oxygen atoms in total. The molecule has 0 spiro atoms. The van der Waals surface area contributed by atoms with E-state index in [0.29, 0.717) is 5.76 Å². The Morgan fingerprint density at radius 1 is 1.04 bits per heavy atom. The normalized spacial score (nSPS) is 10.4. The maximum Gasteiger partial charge on any atom is 0.337 e. The topological polar surface area (TPSA) is 121 Å². The number of carbonyl (C=O) groups is 4. The summed E-state index contributed by atoms with van der Waals surface area (Å²) < 4.78 is 19.1. The number of carbonyl (C=O) groups excluding carboxylic acids is 4. The van der Waals surface area contributed by atoms with Crippen LogP contribution in [0.4, 0.5) is 5.69 Å². The maximum atomic E-state index is 12.0. The Morgan fingerprint density at radius 3 is 2.21 bits per heavy atom. The van der Waals surface area contributed by atoms with Crippen LogP contribution in [-0.4, -0.2) is 44.6 Å². The molecule has 2 rings (SSSR count). The molecule has 0 unspecified atom stereocenters. The van der Waals surface area contributed by atoms with E-state index in [1.54, 1.807) is 12.1 Å². The molecule has 0 fully saturated rings. The summed E-state index contributed by atoms with van der Waals surface area (Å²) in [5.74, 6) is -2.36. The van der Waals surface area contributed by atoms with Crippen LogP contribution in [0.3, 0.4) is 0 Å². The van der Waals surface area contributed by atoms with Crippen LogP contribution in [0, 0.1) is 0 Å². The van der Waals surface area contributed by atoms with Gasteiger partial charge in [-0.2, -0.15) is 0 Å². The zero-order valence-corrected chi connectivity index (χ0v) is 15.1. The van der Waals surface area contributed by atoms with Gasteiger partial charge in [0.15, 0.2) is 6.61 Å². The molecule has 0 aliphatic carbocycles. The molecular weight excluding hydrogens is 370 g/mol. The Hall–Kier alpha value is -3.88. The number of anilines is 1. The van der Waals surface area contributed by atoms with E-state index in [2.05, 4.69) is 14.8 Å². The fourth-order valence-corrected chi connectivity index (χ4v) is 2.09. The van der Waals surface area contributed by atoms with Crippen molar-refractivity contribution in [3.05, 3.63) is 59.6 Å². The summed E-state index contributed by atoms with van der Waals surface area (Å²) in [6.45, 7) is -0.572. The van der Waals surface area contributed by atoms with Crippen LogP contribution in [0.15, 0.2) is 47.1 Å². The first kappa shape index (κ1) is 20.4.